The van der Waals surface area contributed by atoms with E-state index in [1.807, 2.05) is 26.8 Å². The first-order valence-corrected chi connectivity index (χ1v) is 11.0. The summed E-state index contributed by atoms with van der Waals surface area (Å²) in [5.41, 5.74) is 5.98. The first-order valence-electron chi connectivity index (χ1n) is 9.99. The van der Waals surface area contributed by atoms with E-state index in [4.69, 9.17) is 14.5 Å². The van der Waals surface area contributed by atoms with Gasteiger partial charge in [0, 0.05) is 18.0 Å². The van der Waals surface area contributed by atoms with Crippen LogP contribution in [0.15, 0.2) is 28.9 Å². The van der Waals surface area contributed by atoms with Gasteiger partial charge >= 0.3 is 0 Å². The predicted octanol–water partition coefficient (Wildman–Crippen LogP) is 5.95. The van der Waals surface area contributed by atoms with Crippen molar-refractivity contribution >= 4 is 27.8 Å². The Kier molecular flexibility index (Phi) is 6.57. The molecule has 0 unspecified atom stereocenters. The standard InChI is InChI=1S/C22H29N5OS/c1-8-17(9-2)27-11-14(5)20-21(27)23-15(6)18(25-20)12-29-19(10-13(3)4)22-24-16(7)26-28-22/h10-11,17H,3,8-9,12H2,1-2,4-7H3/b19-10-. The Balaban J connectivity index is 1.93. The lowest BCUT2D eigenvalue weighted by Gasteiger charge is -2.16. The number of allylic oxidation sites excluding steroid dienone is 2. The number of nitrogens with zero attached hydrogens (tertiary/aromatic N) is 5. The first-order chi connectivity index (χ1) is 13.8. The van der Waals surface area contributed by atoms with Gasteiger partial charge in [-0.25, -0.2) is 9.97 Å². The van der Waals surface area contributed by atoms with Crippen molar-refractivity contribution in [3.8, 4) is 0 Å². The third kappa shape index (κ3) is 4.61. The minimum atomic E-state index is 0.450. The van der Waals surface area contributed by atoms with Crippen molar-refractivity contribution in [1.82, 2.24) is 24.7 Å². The molecule has 0 aromatic carbocycles. The second-order valence-electron chi connectivity index (χ2n) is 7.41. The fraction of sp³-hybridized carbons (Fsp3) is 0.455. The molecule has 6 nitrogen and oxygen atoms in total. The zero-order valence-electron chi connectivity index (χ0n) is 18.1. The molecule has 0 saturated heterocycles. The molecular weight excluding hydrogens is 382 g/mol. The molecule has 0 saturated carbocycles. The second kappa shape index (κ2) is 8.95. The summed E-state index contributed by atoms with van der Waals surface area (Å²) in [7, 11) is 0. The maximum Gasteiger partial charge on any atom is 0.264 e. The van der Waals surface area contributed by atoms with Crippen LogP contribution in [0.2, 0.25) is 0 Å². The first kappa shape index (κ1) is 21.3. The smallest absolute Gasteiger partial charge is 0.264 e. The Morgan fingerprint density at radius 1 is 1.21 bits per heavy atom. The number of aryl methyl sites for hydroxylation is 3. The van der Waals surface area contributed by atoms with E-state index in [2.05, 4.69) is 48.3 Å². The third-order valence-electron chi connectivity index (χ3n) is 4.92. The summed E-state index contributed by atoms with van der Waals surface area (Å²) in [6.45, 7) is 16.3. The number of hydrogen-bond donors (Lipinski definition) is 0. The van der Waals surface area contributed by atoms with Crippen LogP contribution in [0.1, 0.15) is 68.3 Å². The van der Waals surface area contributed by atoms with Crippen molar-refractivity contribution < 1.29 is 4.52 Å². The summed E-state index contributed by atoms with van der Waals surface area (Å²) >= 11 is 1.61. The van der Waals surface area contributed by atoms with Gasteiger partial charge in [0.05, 0.1) is 16.3 Å². The highest BCUT2D eigenvalue weighted by Crippen LogP contribution is 2.32. The molecule has 7 heteroatoms. The highest BCUT2D eigenvalue weighted by Gasteiger charge is 2.18. The Hall–Kier alpha value is -2.41. The normalized spacial score (nSPS) is 12.3. The number of aromatic nitrogens is 5. The highest BCUT2D eigenvalue weighted by molar-refractivity contribution is 8.07. The van der Waals surface area contributed by atoms with Crippen molar-refractivity contribution in [3.63, 3.8) is 0 Å². The fourth-order valence-electron chi connectivity index (χ4n) is 3.35. The van der Waals surface area contributed by atoms with E-state index in [-0.39, 0.29) is 0 Å². The second-order valence-corrected chi connectivity index (χ2v) is 8.43. The van der Waals surface area contributed by atoms with Crippen molar-refractivity contribution in [3.05, 3.63) is 53.1 Å². The summed E-state index contributed by atoms with van der Waals surface area (Å²) < 4.78 is 7.65. The molecule has 3 aromatic rings. The number of fused-ring (bicyclic) bond motifs is 1. The van der Waals surface area contributed by atoms with Crippen LogP contribution < -0.4 is 0 Å². The molecule has 0 radical (unpaired) electrons. The van der Waals surface area contributed by atoms with Crippen molar-refractivity contribution in [1.29, 1.82) is 0 Å². The summed E-state index contributed by atoms with van der Waals surface area (Å²) in [5, 5.41) is 3.90. The molecule has 0 aliphatic rings. The summed E-state index contributed by atoms with van der Waals surface area (Å²) in [5.74, 6) is 1.80. The summed E-state index contributed by atoms with van der Waals surface area (Å²) in [6.07, 6.45) is 6.31. The minimum Gasteiger partial charge on any atom is -0.333 e. The Labute approximate surface area is 176 Å². The van der Waals surface area contributed by atoms with Gasteiger partial charge in [-0.2, -0.15) is 4.98 Å². The van der Waals surface area contributed by atoms with E-state index in [0.29, 0.717) is 23.5 Å². The van der Waals surface area contributed by atoms with Crippen LogP contribution >= 0.6 is 11.8 Å². The van der Waals surface area contributed by atoms with E-state index >= 15 is 0 Å². The fourth-order valence-corrected chi connectivity index (χ4v) is 4.40. The molecule has 3 rings (SSSR count). The zero-order chi connectivity index (χ0) is 21.1. The predicted molar refractivity (Wildman–Crippen MR) is 120 cm³/mol. The van der Waals surface area contributed by atoms with Crippen molar-refractivity contribution in [2.24, 2.45) is 0 Å². The lowest BCUT2D eigenvalue weighted by atomic mass is 10.2. The molecule has 0 aliphatic carbocycles. The average molecular weight is 412 g/mol. The van der Waals surface area contributed by atoms with Crippen LogP contribution in [0.5, 0.6) is 0 Å². The molecule has 0 amide bonds. The lowest BCUT2D eigenvalue weighted by molar-refractivity contribution is 0.404. The van der Waals surface area contributed by atoms with E-state index < -0.39 is 0 Å². The Morgan fingerprint density at radius 2 is 1.93 bits per heavy atom. The van der Waals surface area contributed by atoms with Gasteiger partial charge in [-0.3, -0.25) is 0 Å². The van der Waals surface area contributed by atoms with E-state index in [1.54, 1.807) is 11.8 Å². The third-order valence-corrected chi connectivity index (χ3v) is 5.94. The van der Waals surface area contributed by atoms with E-state index in [0.717, 1.165) is 51.4 Å². The lowest BCUT2D eigenvalue weighted by Crippen LogP contribution is -2.07. The molecule has 0 aliphatic heterocycles. The van der Waals surface area contributed by atoms with Gasteiger partial charge in [0.2, 0.25) is 0 Å². The van der Waals surface area contributed by atoms with Crippen LogP contribution in [0.3, 0.4) is 0 Å². The molecule has 0 fully saturated rings. The van der Waals surface area contributed by atoms with E-state index in [9.17, 15) is 0 Å². The van der Waals surface area contributed by atoms with Gasteiger partial charge in [0.1, 0.15) is 5.52 Å². The zero-order valence-corrected chi connectivity index (χ0v) is 18.9. The van der Waals surface area contributed by atoms with Crippen molar-refractivity contribution in [2.75, 3.05) is 0 Å². The van der Waals surface area contributed by atoms with Gasteiger partial charge in [-0.1, -0.05) is 31.2 Å². The highest BCUT2D eigenvalue weighted by atomic mass is 32.2. The molecule has 154 valence electrons. The largest absolute Gasteiger partial charge is 0.333 e. The number of hydrogen-bond acceptors (Lipinski definition) is 6. The molecule has 29 heavy (non-hydrogen) atoms. The van der Waals surface area contributed by atoms with Crippen molar-refractivity contribution in [2.45, 2.75) is 66.2 Å². The van der Waals surface area contributed by atoms with E-state index in [1.165, 1.54) is 0 Å². The number of thioether (sulfide) groups is 1. The molecule has 0 spiro atoms. The number of rotatable bonds is 8. The van der Waals surface area contributed by atoms with Crippen LogP contribution in [0.4, 0.5) is 0 Å². The van der Waals surface area contributed by atoms with Gasteiger partial charge in [-0.15, -0.1) is 11.8 Å². The van der Waals surface area contributed by atoms with Crippen LogP contribution in [0, 0.1) is 20.8 Å². The quantitative estimate of drug-likeness (QED) is 0.427. The van der Waals surface area contributed by atoms with Gasteiger partial charge in [0.25, 0.3) is 5.89 Å². The van der Waals surface area contributed by atoms with Gasteiger partial charge in [0.15, 0.2) is 11.5 Å². The Morgan fingerprint density at radius 3 is 2.52 bits per heavy atom. The molecular formula is C22H29N5OS. The van der Waals surface area contributed by atoms with Crippen LogP contribution in [0.25, 0.3) is 16.1 Å². The summed E-state index contributed by atoms with van der Waals surface area (Å²) in [4.78, 5) is 15.2. The summed E-state index contributed by atoms with van der Waals surface area (Å²) in [6, 6.07) is 0.450. The monoisotopic (exact) mass is 411 g/mol. The van der Waals surface area contributed by atoms with Crippen LogP contribution in [-0.4, -0.2) is 24.7 Å². The topological polar surface area (TPSA) is 69.6 Å². The Bertz CT molecular complexity index is 1060. The maximum absolute atomic E-state index is 5.36. The molecule has 3 aromatic heterocycles. The molecule has 0 atom stereocenters. The molecule has 0 N–H and O–H groups in total. The minimum absolute atomic E-state index is 0.450. The van der Waals surface area contributed by atoms with Crippen LogP contribution in [-0.2, 0) is 5.75 Å². The average Bonchev–Trinajstić information content (AvgIpc) is 3.23. The van der Waals surface area contributed by atoms with Gasteiger partial charge < -0.3 is 9.09 Å². The molecule has 0 bridgehead atoms. The SMILES string of the molecule is C=C(C)/C=C(\SCc1nc2c(C)cn(C(CC)CC)c2nc1C)c1nc(C)no1. The maximum atomic E-state index is 5.36. The molecule has 3 heterocycles. The van der Waals surface area contributed by atoms with Gasteiger partial charge in [-0.05, 0) is 52.2 Å².